The molecular weight excluding hydrogens is 284 g/mol. The first kappa shape index (κ1) is 15.6. The standard InChI is InChI=1S/C14H14N6O2/c1-21-14(22-2)10-12(11-6-4-3-5-7-11)8-9-13(14,17-19-15)18-20-16/h3-10H,1-2H3. The molecule has 1 aliphatic rings. The molecule has 22 heavy (non-hydrogen) atoms. The molecule has 0 spiro atoms. The zero-order chi connectivity index (χ0) is 16.1. The van der Waals surface area contributed by atoms with Crippen LogP contribution in [0.25, 0.3) is 26.5 Å². The van der Waals surface area contributed by atoms with Crippen molar-refractivity contribution < 1.29 is 9.47 Å². The number of nitrogens with zero attached hydrogens (tertiary/aromatic N) is 6. The van der Waals surface area contributed by atoms with E-state index in [-0.39, 0.29) is 0 Å². The summed E-state index contributed by atoms with van der Waals surface area (Å²) in [6.45, 7) is 0. The fraction of sp³-hybridized carbons (Fsp3) is 0.286. The Bertz CT molecular complexity index is 677. The van der Waals surface area contributed by atoms with Gasteiger partial charge in [-0.2, -0.15) is 0 Å². The van der Waals surface area contributed by atoms with Gasteiger partial charge in [0, 0.05) is 24.0 Å². The molecule has 1 aliphatic carbocycles. The first-order chi connectivity index (χ1) is 10.7. The smallest absolute Gasteiger partial charge is 0.209 e. The van der Waals surface area contributed by atoms with Crippen molar-refractivity contribution in [3.63, 3.8) is 0 Å². The van der Waals surface area contributed by atoms with Crippen LogP contribution in [0.1, 0.15) is 5.56 Å². The number of methoxy groups -OCH3 is 2. The Morgan fingerprint density at radius 3 is 2.09 bits per heavy atom. The maximum Gasteiger partial charge on any atom is 0.209 e. The van der Waals surface area contributed by atoms with Gasteiger partial charge in [-0.15, -0.1) is 0 Å². The number of ether oxygens (including phenoxy) is 2. The van der Waals surface area contributed by atoms with E-state index in [9.17, 15) is 0 Å². The minimum absolute atomic E-state index is 0.793. The van der Waals surface area contributed by atoms with Crippen LogP contribution in [0, 0.1) is 0 Å². The molecule has 0 unspecified atom stereocenters. The van der Waals surface area contributed by atoms with E-state index in [4.69, 9.17) is 20.5 Å². The van der Waals surface area contributed by atoms with Crippen molar-refractivity contribution >= 4 is 5.57 Å². The van der Waals surface area contributed by atoms with Gasteiger partial charge in [-0.25, -0.2) is 0 Å². The summed E-state index contributed by atoms with van der Waals surface area (Å²) in [7, 11) is 2.77. The van der Waals surface area contributed by atoms with Gasteiger partial charge in [0.2, 0.25) is 11.4 Å². The van der Waals surface area contributed by atoms with Gasteiger partial charge in [0.05, 0.1) is 0 Å². The number of benzene rings is 1. The third kappa shape index (κ3) is 2.43. The molecule has 0 radical (unpaired) electrons. The topological polar surface area (TPSA) is 116 Å². The third-order valence-electron chi connectivity index (χ3n) is 3.46. The average Bonchev–Trinajstić information content (AvgIpc) is 2.57. The zero-order valence-electron chi connectivity index (χ0n) is 12.1. The molecule has 0 saturated carbocycles. The zero-order valence-corrected chi connectivity index (χ0v) is 12.1. The van der Waals surface area contributed by atoms with Crippen LogP contribution in [0.2, 0.25) is 0 Å². The van der Waals surface area contributed by atoms with Crippen LogP contribution in [0.5, 0.6) is 0 Å². The van der Waals surface area contributed by atoms with Gasteiger partial charge in [-0.05, 0) is 28.3 Å². The van der Waals surface area contributed by atoms with Crippen LogP contribution in [0.15, 0.2) is 58.8 Å². The number of hydrogen-bond acceptors (Lipinski definition) is 4. The van der Waals surface area contributed by atoms with Crippen molar-refractivity contribution in [1.82, 2.24) is 0 Å². The molecule has 0 amide bonds. The first-order valence-corrected chi connectivity index (χ1v) is 6.37. The number of azide groups is 1. The van der Waals surface area contributed by atoms with Gasteiger partial charge >= 0.3 is 0 Å². The molecule has 1 aromatic rings. The highest BCUT2D eigenvalue weighted by Gasteiger charge is 2.51. The molecule has 0 heterocycles. The Morgan fingerprint density at radius 2 is 1.59 bits per heavy atom. The van der Waals surface area contributed by atoms with E-state index in [0.717, 1.165) is 11.1 Å². The molecule has 0 N–H and O–H groups in total. The second-order valence-corrected chi connectivity index (χ2v) is 4.48. The van der Waals surface area contributed by atoms with Gasteiger partial charge in [0.15, 0.2) is 0 Å². The Kier molecular flexibility index (Phi) is 4.50. The van der Waals surface area contributed by atoms with E-state index >= 15 is 0 Å². The van der Waals surface area contributed by atoms with E-state index in [0.29, 0.717) is 0 Å². The highest BCUT2D eigenvalue weighted by molar-refractivity contribution is 5.76. The quantitative estimate of drug-likeness (QED) is 0.354. The first-order valence-electron chi connectivity index (χ1n) is 6.37. The lowest BCUT2D eigenvalue weighted by atomic mass is 9.88. The van der Waals surface area contributed by atoms with Gasteiger partial charge in [0.25, 0.3) is 0 Å². The van der Waals surface area contributed by atoms with Crippen LogP contribution in [0.4, 0.5) is 0 Å². The summed E-state index contributed by atoms with van der Waals surface area (Å²) in [5.74, 6) is -1.54. The second kappa shape index (κ2) is 6.34. The predicted octanol–water partition coefficient (Wildman–Crippen LogP) is 3.95. The van der Waals surface area contributed by atoms with Crippen molar-refractivity contribution in [2.24, 2.45) is 10.2 Å². The monoisotopic (exact) mass is 298 g/mol. The predicted molar refractivity (Wildman–Crippen MR) is 81.3 cm³/mol. The summed E-state index contributed by atoms with van der Waals surface area (Å²) in [6.07, 6.45) is 4.81. The molecular formula is C14H14N6O2. The van der Waals surface area contributed by atoms with Gasteiger partial charge in [0.1, 0.15) is 0 Å². The van der Waals surface area contributed by atoms with Gasteiger partial charge < -0.3 is 9.47 Å². The number of allylic oxidation sites excluding steroid dienone is 2. The minimum atomic E-state index is -1.68. The van der Waals surface area contributed by atoms with Crippen molar-refractivity contribution in [2.75, 3.05) is 14.2 Å². The third-order valence-corrected chi connectivity index (χ3v) is 3.46. The molecule has 0 aromatic heterocycles. The number of rotatable bonds is 5. The Balaban J connectivity index is 2.65. The van der Waals surface area contributed by atoms with Crippen LogP contribution in [0.3, 0.4) is 0 Å². The largest absolute Gasteiger partial charge is 0.349 e. The molecule has 0 atom stereocenters. The van der Waals surface area contributed by atoms with Crippen LogP contribution >= 0.6 is 0 Å². The summed E-state index contributed by atoms with van der Waals surface area (Å²) < 4.78 is 10.8. The van der Waals surface area contributed by atoms with Crippen molar-refractivity contribution in [3.05, 3.63) is 75.0 Å². The lowest BCUT2D eigenvalue weighted by molar-refractivity contribution is -0.200. The fourth-order valence-corrected chi connectivity index (χ4v) is 2.36. The Hall–Kier alpha value is -2.76. The average molecular weight is 298 g/mol. The van der Waals surface area contributed by atoms with E-state index in [1.165, 1.54) is 20.3 Å². The highest BCUT2D eigenvalue weighted by Crippen LogP contribution is 2.41. The van der Waals surface area contributed by atoms with E-state index in [1.807, 2.05) is 30.3 Å². The summed E-state index contributed by atoms with van der Waals surface area (Å²) in [6, 6.07) is 9.53. The van der Waals surface area contributed by atoms with E-state index < -0.39 is 11.4 Å². The molecule has 112 valence electrons. The summed E-state index contributed by atoms with van der Waals surface area (Å²) in [5, 5.41) is 7.21. The molecule has 0 fully saturated rings. The second-order valence-electron chi connectivity index (χ2n) is 4.48. The molecule has 0 saturated heterocycles. The van der Waals surface area contributed by atoms with Crippen LogP contribution < -0.4 is 0 Å². The van der Waals surface area contributed by atoms with Crippen LogP contribution in [-0.2, 0) is 9.47 Å². The molecule has 0 aliphatic heterocycles. The molecule has 1 aromatic carbocycles. The lowest BCUT2D eigenvalue weighted by Gasteiger charge is -2.41. The Morgan fingerprint density at radius 1 is 1.00 bits per heavy atom. The normalized spacial score (nSPS) is 22.2. The van der Waals surface area contributed by atoms with E-state index in [2.05, 4.69) is 20.1 Å². The van der Waals surface area contributed by atoms with Gasteiger partial charge in [-0.3, -0.25) is 0 Å². The van der Waals surface area contributed by atoms with Crippen molar-refractivity contribution in [3.8, 4) is 0 Å². The molecule has 8 heteroatoms. The van der Waals surface area contributed by atoms with Crippen LogP contribution in [-0.4, -0.2) is 25.7 Å². The van der Waals surface area contributed by atoms with E-state index in [1.54, 1.807) is 12.2 Å². The van der Waals surface area contributed by atoms with Crippen molar-refractivity contribution in [1.29, 1.82) is 0 Å². The Labute approximate surface area is 126 Å². The lowest BCUT2D eigenvalue weighted by Crippen LogP contribution is -2.52. The molecule has 0 bridgehead atoms. The van der Waals surface area contributed by atoms with Crippen molar-refractivity contribution in [2.45, 2.75) is 11.4 Å². The maximum absolute atomic E-state index is 8.83. The van der Waals surface area contributed by atoms with Gasteiger partial charge in [-0.1, -0.05) is 52.7 Å². The summed E-state index contributed by atoms with van der Waals surface area (Å²) in [5.41, 5.74) is 17.7. The highest BCUT2D eigenvalue weighted by atomic mass is 16.7. The summed E-state index contributed by atoms with van der Waals surface area (Å²) >= 11 is 0. The minimum Gasteiger partial charge on any atom is -0.349 e. The molecule has 8 nitrogen and oxygen atoms in total. The SMILES string of the molecule is COC1(OC)C=C(c2ccccc2)C=CC1(N=[N+]=[N-])N=[N+]=[N-]. The summed E-state index contributed by atoms with van der Waals surface area (Å²) in [4.78, 5) is 5.52. The molecule has 2 rings (SSSR count). The maximum atomic E-state index is 8.83. The fourth-order valence-electron chi connectivity index (χ4n) is 2.36. The number of hydrogen-bond donors (Lipinski definition) is 0.